The number of rotatable bonds is 7. The van der Waals surface area contributed by atoms with E-state index in [0.29, 0.717) is 6.61 Å². The molecule has 1 aliphatic rings. The zero-order chi connectivity index (χ0) is 16.2. The van der Waals surface area contributed by atoms with Crippen LogP contribution in [0.3, 0.4) is 0 Å². The van der Waals surface area contributed by atoms with Crippen LogP contribution in [0.2, 0.25) is 0 Å². The summed E-state index contributed by atoms with van der Waals surface area (Å²) in [7, 11) is 0. The number of carbonyl (C=O) groups is 2. The van der Waals surface area contributed by atoms with Gasteiger partial charge >= 0.3 is 12.0 Å². The Labute approximate surface area is 126 Å². The summed E-state index contributed by atoms with van der Waals surface area (Å²) in [5.41, 5.74) is -0.0961. The number of amides is 2. The summed E-state index contributed by atoms with van der Waals surface area (Å²) in [5, 5.41) is 11.8. The lowest BCUT2D eigenvalue weighted by Crippen LogP contribution is -2.64. The van der Waals surface area contributed by atoms with Crippen molar-refractivity contribution in [2.45, 2.75) is 65.6 Å². The molecule has 6 nitrogen and oxygen atoms in total. The maximum atomic E-state index is 12.3. The maximum absolute atomic E-state index is 12.3. The van der Waals surface area contributed by atoms with Gasteiger partial charge in [0, 0.05) is 30.7 Å². The first-order chi connectivity index (χ1) is 9.70. The fourth-order valence-corrected chi connectivity index (χ4v) is 2.66. The van der Waals surface area contributed by atoms with Gasteiger partial charge in [-0.25, -0.2) is 4.79 Å². The molecule has 1 saturated carbocycles. The number of hydrogen-bond acceptors (Lipinski definition) is 3. The molecular weight excluding hydrogens is 272 g/mol. The second-order valence-electron chi connectivity index (χ2n) is 6.43. The molecule has 2 atom stereocenters. The number of hydrogen-bond donors (Lipinski definition) is 2. The Morgan fingerprint density at radius 1 is 1.43 bits per heavy atom. The summed E-state index contributed by atoms with van der Waals surface area (Å²) in [4.78, 5) is 24.6. The Morgan fingerprint density at radius 2 is 2.05 bits per heavy atom. The van der Waals surface area contributed by atoms with Gasteiger partial charge in [0.1, 0.15) is 0 Å². The predicted octanol–water partition coefficient (Wildman–Crippen LogP) is 2.08. The molecule has 0 aromatic heterocycles. The molecule has 6 heteroatoms. The van der Waals surface area contributed by atoms with Gasteiger partial charge in [-0.2, -0.15) is 0 Å². The number of aliphatic carboxylic acids is 1. The number of nitrogens with one attached hydrogen (secondary N) is 1. The van der Waals surface area contributed by atoms with E-state index in [2.05, 4.69) is 19.2 Å². The smallest absolute Gasteiger partial charge is 0.317 e. The van der Waals surface area contributed by atoms with Crippen molar-refractivity contribution in [1.82, 2.24) is 10.2 Å². The fourth-order valence-electron chi connectivity index (χ4n) is 2.66. The normalized spacial score (nSPS) is 23.5. The van der Waals surface area contributed by atoms with Crippen molar-refractivity contribution < 1.29 is 19.4 Å². The lowest BCUT2D eigenvalue weighted by atomic mass is 9.64. The van der Waals surface area contributed by atoms with Crippen LogP contribution in [0.1, 0.15) is 47.5 Å². The van der Waals surface area contributed by atoms with Crippen LogP contribution in [0.5, 0.6) is 0 Å². The molecule has 0 heterocycles. The van der Waals surface area contributed by atoms with Gasteiger partial charge in [0.15, 0.2) is 0 Å². The van der Waals surface area contributed by atoms with Crippen LogP contribution in [-0.4, -0.2) is 53.3 Å². The van der Waals surface area contributed by atoms with E-state index in [1.54, 1.807) is 4.90 Å². The van der Waals surface area contributed by atoms with E-state index in [0.717, 1.165) is 6.42 Å². The Morgan fingerprint density at radius 3 is 2.48 bits per heavy atom. The average Bonchev–Trinajstić information content (AvgIpc) is 2.37. The van der Waals surface area contributed by atoms with Crippen LogP contribution in [-0.2, 0) is 9.53 Å². The molecule has 122 valence electrons. The Bertz CT molecular complexity index is 382. The molecule has 2 N–H and O–H groups in total. The van der Waals surface area contributed by atoms with Gasteiger partial charge in [-0.3, -0.25) is 4.79 Å². The van der Waals surface area contributed by atoms with Crippen LogP contribution >= 0.6 is 0 Å². The third kappa shape index (κ3) is 4.33. The second-order valence-corrected chi connectivity index (χ2v) is 6.43. The first-order valence-corrected chi connectivity index (χ1v) is 7.60. The number of nitrogens with zero attached hydrogens (tertiary/aromatic N) is 1. The molecule has 1 rings (SSSR count). The van der Waals surface area contributed by atoms with Crippen molar-refractivity contribution in [3.8, 4) is 0 Å². The monoisotopic (exact) mass is 300 g/mol. The number of carboxylic acids is 1. The first kappa shape index (κ1) is 17.8. The minimum absolute atomic E-state index is 0.0322. The molecule has 1 fully saturated rings. The minimum atomic E-state index is -0.895. The predicted molar refractivity (Wildman–Crippen MR) is 80.2 cm³/mol. The minimum Gasteiger partial charge on any atom is -0.481 e. The van der Waals surface area contributed by atoms with Crippen molar-refractivity contribution in [2.75, 3.05) is 13.2 Å². The van der Waals surface area contributed by atoms with Gasteiger partial charge in [0.2, 0.25) is 0 Å². The highest BCUT2D eigenvalue weighted by Gasteiger charge is 2.49. The van der Waals surface area contributed by atoms with Crippen molar-refractivity contribution in [3.05, 3.63) is 0 Å². The Hall–Kier alpha value is -1.30. The zero-order valence-corrected chi connectivity index (χ0v) is 13.7. The van der Waals surface area contributed by atoms with E-state index in [-0.39, 0.29) is 42.6 Å². The van der Waals surface area contributed by atoms with Gasteiger partial charge in [-0.1, -0.05) is 13.8 Å². The van der Waals surface area contributed by atoms with E-state index in [4.69, 9.17) is 9.84 Å². The topological polar surface area (TPSA) is 78.9 Å². The maximum Gasteiger partial charge on any atom is 0.317 e. The SMILES string of the molecule is CCOC1CC(NC(=O)N(CCC(=O)O)C(C)C)C1(C)C. The summed E-state index contributed by atoms with van der Waals surface area (Å²) >= 11 is 0. The lowest BCUT2D eigenvalue weighted by Gasteiger charge is -2.52. The third-order valence-corrected chi connectivity index (χ3v) is 4.29. The summed E-state index contributed by atoms with van der Waals surface area (Å²) in [6, 6.07) is -0.165. The second kappa shape index (κ2) is 7.11. The molecule has 0 radical (unpaired) electrons. The zero-order valence-electron chi connectivity index (χ0n) is 13.7. The van der Waals surface area contributed by atoms with Crippen molar-refractivity contribution in [1.29, 1.82) is 0 Å². The molecule has 0 aliphatic heterocycles. The van der Waals surface area contributed by atoms with E-state index < -0.39 is 5.97 Å². The fraction of sp³-hybridized carbons (Fsp3) is 0.867. The molecule has 0 spiro atoms. The molecule has 0 aromatic rings. The average molecular weight is 300 g/mol. The highest BCUT2D eigenvalue weighted by molar-refractivity contribution is 5.76. The highest BCUT2D eigenvalue weighted by Crippen LogP contribution is 2.42. The summed E-state index contributed by atoms with van der Waals surface area (Å²) < 4.78 is 5.65. The number of ether oxygens (including phenoxy) is 1. The van der Waals surface area contributed by atoms with Crippen LogP contribution in [0.4, 0.5) is 4.79 Å². The molecular formula is C15H28N2O4. The van der Waals surface area contributed by atoms with Gasteiger partial charge in [-0.05, 0) is 27.2 Å². The van der Waals surface area contributed by atoms with Gasteiger partial charge < -0.3 is 20.1 Å². The Kier molecular flexibility index (Phi) is 6.01. The van der Waals surface area contributed by atoms with E-state index in [9.17, 15) is 9.59 Å². The summed E-state index contributed by atoms with van der Waals surface area (Å²) in [6.45, 7) is 10.8. The number of carboxylic acid groups (broad SMARTS) is 1. The summed E-state index contributed by atoms with van der Waals surface area (Å²) in [5.74, 6) is -0.895. The lowest BCUT2D eigenvalue weighted by molar-refractivity contribution is -0.137. The van der Waals surface area contributed by atoms with E-state index >= 15 is 0 Å². The van der Waals surface area contributed by atoms with Crippen LogP contribution in [0, 0.1) is 5.41 Å². The van der Waals surface area contributed by atoms with Gasteiger partial charge in [0.25, 0.3) is 0 Å². The van der Waals surface area contributed by atoms with Crippen LogP contribution < -0.4 is 5.32 Å². The molecule has 0 saturated heterocycles. The molecule has 1 aliphatic carbocycles. The van der Waals surface area contributed by atoms with Crippen molar-refractivity contribution >= 4 is 12.0 Å². The highest BCUT2D eigenvalue weighted by atomic mass is 16.5. The summed E-state index contributed by atoms with van der Waals surface area (Å²) in [6.07, 6.45) is 0.929. The van der Waals surface area contributed by atoms with Gasteiger partial charge in [-0.15, -0.1) is 0 Å². The molecule has 0 aromatic carbocycles. The molecule has 0 bridgehead atoms. The van der Waals surface area contributed by atoms with Gasteiger partial charge in [0.05, 0.1) is 12.5 Å². The molecule has 2 amide bonds. The first-order valence-electron chi connectivity index (χ1n) is 7.60. The molecule has 21 heavy (non-hydrogen) atoms. The largest absolute Gasteiger partial charge is 0.481 e. The standard InChI is InChI=1S/C15H28N2O4/c1-6-21-12-9-11(15(12,4)5)16-14(20)17(10(2)3)8-7-13(18)19/h10-12H,6-9H2,1-5H3,(H,16,20)(H,18,19). The van der Waals surface area contributed by atoms with E-state index in [1.807, 2.05) is 20.8 Å². The molecule has 2 unspecified atom stereocenters. The number of urea groups is 1. The number of carbonyl (C=O) groups excluding carboxylic acids is 1. The third-order valence-electron chi connectivity index (χ3n) is 4.29. The van der Waals surface area contributed by atoms with E-state index in [1.165, 1.54) is 0 Å². The van der Waals surface area contributed by atoms with Crippen molar-refractivity contribution in [2.24, 2.45) is 5.41 Å². The Balaban J connectivity index is 2.56. The van der Waals surface area contributed by atoms with Crippen molar-refractivity contribution in [3.63, 3.8) is 0 Å². The van der Waals surface area contributed by atoms with Crippen LogP contribution in [0.15, 0.2) is 0 Å². The quantitative estimate of drug-likeness (QED) is 0.754. The van der Waals surface area contributed by atoms with Crippen LogP contribution in [0.25, 0.3) is 0 Å².